The molecule has 1 aliphatic rings. The van der Waals surface area contributed by atoms with E-state index >= 15 is 0 Å². The Bertz CT molecular complexity index is 401. The van der Waals surface area contributed by atoms with E-state index in [1.54, 1.807) is 4.90 Å². The van der Waals surface area contributed by atoms with Gasteiger partial charge in [0.25, 0.3) is 0 Å². The maximum absolute atomic E-state index is 12.1. The highest BCUT2D eigenvalue weighted by molar-refractivity contribution is 5.76. The van der Waals surface area contributed by atoms with Crippen LogP contribution in [0.15, 0.2) is 0 Å². The van der Waals surface area contributed by atoms with Crippen molar-refractivity contribution in [3.63, 3.8) is 0 Å². The Labute approximate surface area is 126 Å². The Morgan fingerprint density at radius 1 is 1.33 bits per heavy atom. The number of carbonyl (C=O) groups excluding carboxylic acids is 2. The minimum Gasteiger partial charge on any atom is -0.468 e. The summed E-state index contributed by atoms with van der Waals surface area (Å²) in [6, 6.07) is -0.661. The number of hydrogen-bond donors (Lipinski definition) is 1. The zero-order valence-corrected chi connectivity index (χ0v) is 13.9. The van der Waals surface area contributed by atoms with Crippen molar-refractivity contribution >= 4 is 12.1 Å². The summed E-state index contributed by atoms with van der Waals surface area (Å²) >= 11 is 0. The van der Waals surface area contributed by atoms with E-state index in [-0.39, 0.29) is 17.4 Å². The molecule has 0 aromatic rings. The summed E-state index contributed by atoms with van der Waals surface area (Å²) in [6.45, 7) is 10.6. The van der Waals surface area contributed by atoms with Gasteiger partial charge in [0.2, 0.25) is 0 Å². The van der Waals surface area contributed by atoms with E-state index in [2.05, 4.69) is 0 Å². The lowest BCUT2D eigenvalue weighted by Crippen LogP contribution is -2.56. The molecule has 0 aliphatic carbocycles. The number of carbonyl (C=O) groups is 2. The molecule has 2 atom stereocenters. The summed E-state index contributed by atoms with van der Waals surface area (Å²) in [5, 5.41) is 0. The molecular weight excluding hydrogens is 272 g/mol. The Hall–Kier alpha value is -1.30. The minimum absolute atomic E-state index is 0.0244. The third-order valence-corrected chi connectivity index (χ3v) is 3.87. The van der Waals surface area contributed by atoms with Gasteiger partial charge in [-0.05, 0) is 38.5 Å². The Kier molecular flexibility index (Phi) is 5.25. The molecule has 0 spiro atoms. The van der Waals surface area contributed by atoms with Gasteiger partial charge in [-0.1, -0.05) is 13.8 Å². The maximum atomic E-state index is 12.1. The molecule has 0 saturated carbocycles. The van der Waals surface area contributed by atoms with Gasteiger partial charge in [-0.3, -0.25) is 4.79 Å². The highest BCUT2D eigenvalue weighted by Crippen LogP contribution is 2.37. The smallest absolute Gasteiger partial charge is 0.410 e. The van der Waals surface area contributed by atoms with Gasteiger partial charge in [0.1, 0.15) is 11.6 Å². The molecule has 2 N–H and O–H groups in total. The Balaban J connectivity index is 2.74. The third kappa shape index (κ3) is 4.59. The first-order chi connectivity index (χ1) is 9.48. The number of piperidine rings is 1. The molecule has 1 fully saturated rings. The lowest BCUT2D eigenvalue weighted by atomic mass is 9.70. The zero-order valence-electron chi connectivity index (χ0n) is 13.9. The highest BCUT2D eigenvalue weighted by atomic mass is 16.6. The normalized spacial score (nSPS) is 23.4. The monoisotopic (exact) mass is 300 g/mol. The summed E-state index contributed by atoms with van der Waals surface area (Å²) in [4.78, 5) is 25.5. The van der Waals surface area contributed by atoms with Gasteiger partial charge in [-0.25, -0.2) is 4.79 Å². The quantitative estimate of drug-likeness (QED) is 0.786. The SMILES string of the molecule is COC(=O)[C@H](N)C1CCN(C(=O)OC(C)(C)C)CC1(C)C. The molecular formula is C15H28N2O4. The van der Waals surface area contributed by atoms with Crippen LogP contribution in [0.5, 0.6) is 0 Å². The predicted molar refractivity (Wildman–Crippen MR) is 79.7 cm³/mol. The first-order valence-corrected chi connectivity index (χ1v) is 7.29. The number of nitrogens with two attached hydrogens (primary N) is 1. The lowest BCUT2D eigenvalue weighted by molar-refractivity contribution is -0.145. The van der Waals surface area contributed by atoms with Crippen molar-refractivity contribution in [2.24, 2.45) is 17.1 Å². The lowest BCUT2D eigenvalue weighted by Gasteiger charge is -2.45. The first kappa shape index (κ1) is 17.8. The Morgan fingerprint density at radius 3 is 2.33 bits per heavy atom. The number of ether oxygens (including phenoxy) is 2. The molecule has 1 heterocycles. The highest BCUT2D eigenvalue weighted by Gasteiger charge is 2.43. The second kappa shape index (κ2) is 6.22. The van der Waals surface area contributed by atoms with Crippen molar-refractivity contribution < 1.29 is 19.1 Å². The number of rotatable bonds is 2. The van der Waals surface area contributed by atoms with E-state index in [9.17, 15) is 9.59 Å². The van der Waals surface area contributed by atoms with Crippen LogP contribution in [0, 0.1) is 11.3 Å². The summed E-state index contributed by atoms with van der Waals surface area (Å²) in [7, 11) is 1.34. The van der Waals surface area contributed by atoms with E-state index in [0.29, 0.717) is 19.5 Å². The molecule has 0 aromatic heterocycles. The maximum Gasteiger partial charge on any atom is 0.410 e. The summed E-state index contributed by atoms with van der Waals surface area (Å²) < 4.78 is 10.1. The van der Waals surface area contributed by atoms with Gasteiger partial charge in [0, 0.05) is 13.1 Å². The number of amides is 1. The van der Waals surface area contributed by atoms with Crippen molar-refractivity contribution in [2.75, 3.05) is 20.2 Å². The van der Waals surface area contributed by atoms with Crippen LogP contribution in [-0.2, 0) is 14.3 Å². The molecule has 21 heavy (non-hydrogen) atoms. The van der Waals surface area contributed by atoms with Crippen LogP contribution in [0.1, 0.15) is 41.0 Å². The van der Waals surface area contributed by atoms with Crippen LogP contribution >= 0.6 is 0 Å². The van der Waals surface area contributed by atoms with Crippen LogP contribution in [-0.4, -0.2) is 48.8 Å². The molecule has 0 radical (unpaired) electrons. The van der Waals surface area contributed by atoms with Gasteiger partial charge in [-0.2, -0.15) is 0 Å². The van der Waals surface area contributed by atoms with Gasteiger partial charge >= 0.3 is 12.1 Å². The fourth-order valence-corrected chi connectivity index (χ4v) is 2.82. The predicted octanol–water partition coefficient (Wildman–Crippen LogP) is 1.77. The molecule has 0 bridgehead atoms. The van der Waals surface area contributed by atoms with E-state index in [1.165, 1.54) is 7.11 Å². The number of nitrogens with zero attached hydrogens (tertiary/aromatic N) is 1. The molecule has 1 aliphatic heterocycles. The molecule has 1 unspecified atom stereocenters. The molecule has 6 nitrogen and oxygen atoms in total. The van der Waals surface area contributed by atoms with E-state index < -0.39 is 17.6 Å². The fraction of sp³-hybridized carbons (Fsp3) is 0.867. The van der Waals surface area contributed by atoms with Crippen LogP contribution in [0.2, 0.25) is 0 Å². The molecule has 1 amide bonds. The minimum atomic E-state index is -0.661. The average Bonchev–Trinajstić information content (AvgIpc) is 2.33. The largest absolute Gasteiger partial charge is 0.468 e. The van der Waals surface area contributed by atoms with Crippen LogP contribution < -0.4 is 5.73 Å². The standard InChI is InChI=1S/C15H28N2O4/c1-14(2,3)21-13(19)17-8-7-10(15(4,5)9-17)11(16)12(18)20-6/h10-11H,7-9,16H2,1-6H3/t10?,11-/m1/s1. The van der Waals surface area contributed by atoms with E-state index in [1.807, 2.05) is 34.6 Å². The van der Waals surface area contributed by atoms with Crippen molar-refractivity contribution in [3.05, 3.63) is 0 Å². The van der Waals surface area contributed by atoms with Crippen LogP contribution in [0.25, 0.3) is 0 Å². The molecule has 6 heteroatoms. The van der Waals surface area contributed by atoms with E-state index in [4.69, 9.17) is 15.2 Å². The molecule has 1 rings (SSSR count). The van der Waals surface area contributed by atoms with Gasteiger partial charge in [0.05, 0.1) is 7.11 Å². The Morgan fingerprint density at radius 2 is 1.90 bits per heavy atom. The summed E-state index contributed by atoms with van der Waals surface area (Å²) in [5.41, 5.74) is 5.20. The average molecular weight is 300 g/mol. The first-order valence-electron chi connectivity index (χ1n) is 7.29. The molecule has 1 saturated heterocycles. The van der Waals surface area contributed by atoms with Crippen LogP contribution in [0.3, 0.4) is 0 Å². The van der Waals surface area contributed by atoms with Gasteiger partial charge < -0.3 is 20.1 Å². The third-order valence-electron chi connectivity index (χ3n) is 3.87. The second-order valence-corrected chi connectivity index (χ2v) is 7.33. The number of methoxy groups -OCH3 is 1. The number of likely N-dealkylation sites (tertiary alicyclic amines) is 1. The van der Waals surface area contributed by atoms with Gasteiger partial charge in [-0.15, -0.1) is 0 Å². The summed E-state index contributed by atoms with van der Waals surface area (Å²) in [5.74, 6) is -0.428. The zero-order chi connectivity index (χ0) is 16.4. The number of hydrogen-bond acceptors (Lipinski definition) is 5. The second-order valence-electron chi connectivity index (χ2n) is 7.33. The van der Waals surface area contributed by atoms with Crippen LogP contribution in [0.4, 0.5) is 4.79 Å². The van der Waals surface area contributed by atoms with E-state index in [0.717, 1.165) is 0 Å². The van der Waals surface area contributed by atoms with Crippen molar-refractivity contribution in [1.29, 1.82) is 0 Å². The molecule has 122 valence electrons. The summed E-state index contributed by atoms with van der Waals surface area (Å²) in [6.07, 6.45) is 0.336. The van der Waals surface area contributed by atoms with Crippen molar-refractivity contribution in [1.82, 2.24) is 4.90 Å². The van der Waals surface area contributed by atoms with Gasteiger partial charge in [0.15, 0.2) is 0 Å². The van der Waals surface area contributed by atoms with Crippen molar-refractivity contribution in [3.8, 4) is 0 Å². The fourth-order valence-electron chi connectivity index (χ4n) is 2.82. The molecule has 0 aromatic carbocycles. The van der Waals surface area contributed by atoms with Crippen molar-refractivity contribution in [2.45, 2.75) is 52.7 Å². The topological polar surface area (TPSA) is 81.9 Å². The number of esters is 1.